The molecule has 2 amide bonds. The van der Waals surface area contributed by atoms with Crippen LogP contribution in [0.4, 0.5) is 23.8 Å². The van der Waals surface area contributed by atoms with Gasteiger partial charge in [0.25, 0.3) is 0 Å². The number of ether oxygens (including phenoxy) is 1. The Balaban J connectivity index is 0.000000907. The molecule has 0 aliphatic rings. The SMILES string of the molecule is CCN(CCC(C)c1ccc(C)cc1)C(=O)N(C)C.CCOC.C\C=C/C=C(\C=C\C)c1cccc(N(/N=C\C)/C(=C/C(=O)O)C(F)(F)F)n1. The molecule has 276 valence electrons. The maximum absolute atomic E-state index is 13.4. The molecule has 1 aromatic heterocycles. The van der Waals surface area contributed by atoms with Gasteiger partial charge in [0.2, 0.25) is 0 Å². The van der Waals surface area contributed by atoms with E-state index in [4.69, 9.17) is 5.11 Å². The number of hydrogen-bond acceptors (Lipinski definition) is 6. The molecule has 0 aliphatic heterocycles. The van der Waals surface area contributed by atoms with Crippen molar-refractivity contribution in [2.75, 3.05) is 45.9 Å². The second kappa shape index (κ2) is 24.4. The van der Waals surface area contributed by atoms with E-state index in [1.54, 1.807) is 69.5 Å². The molecule has 0 fully saturated rings. The highest BCUT2D eigenvalue weighted by molar-refractivity contribution is 5.82. The maximum Gasteiger partial charge on any atom is 0.433 e. The largest absolute Gasteiger partial charge is 0.478 e. The fourth-order valence-corrected chi connectivity index (χ4v) is 4.13. The van der Waals surface area contributed by atoms with Crippen molar-refractivity contribution in [3.05, 3.63) is 101 Å². The van der Waals surface area contributed by atoms with Gasteiger partial charge in [-0.15, -0.1) is 0 Å². The molecule has 50 heavy (non-hydrogen) atoms. The standard InChI is InChI=1S/C19H20F3N3O2.C16H26N2O.C3H8O/c1-4-7-10-14(9-5-2)15-11-8-12-17(24-15)25(23-6-3)16(13-18(26)27)19(20,21)22;1-6-18(16(19)17(4)5)12-11-14(3)15-9-7-13(2)8-10-15;1-3-4-2/h4-13H,1-3H3,(H,26,27);7-10,14H,6,11-12H2,1-5H3;3H2,1-2H3/b7-4-,9-5+,14-10+,16-13+,23-6-;;. The Morgan fingerprint density at radius 1 is 1.04 bits per heavy atom. The average Bonchev–Trinajstić information content (AvgIpc) is 3.08. The van der Waals surface area contributed by atoms with Gasteiger partial charge in [0, 0.05) is 47.1 Å². The number of amides is 2. The molecule has 2 aromatic rings. The lowest BCUT2D eigenvalue weighted by molar-refractivity contribution is -0.132. The number of hydrazone groups is 1. The average molecular weight is 702 g/mol. The molecular formula is C38H54F3N5O4. The Morgan fingerprint density at radius 2 is 1.66 bits per heavy atom. The zero-order valence-electron chi connectivity index (χ0n) is 31.0. The van der Waals surface area contributed by atoms with Gasteiger partial charge in [-0.3, -0.25) is 0 Å². The predicted molar refractivity (Wildman–Crippen MR) is 198 cm³/mol. The Labute approximate surface area is 296 Å². The molecule has 1 atom stereocenters. The minimum absolute atomic E-state index is 0.0594. The highest BCUT2D eigenvalue weighted by atomic mass is 19.4. The molecule has 1 heterocycles. The number of methoxy groups -OCH3 is 1. The number of hydrogen-bond donors (Lipinski definition) is 1. The molecule has 12 heteroatoms. The number of allylic oxidation sites excluding steroid dienone is 7. The third-order valence-electron chi connectivity index (χ3n) is 6.87. The van der Waals surface area contributed by atoms with Crippen molar-refractivity contribution in [3.8, 4) is 0 Å². The number of carboxylic acids is 1. The van der Waals surface area contributed by atoms with Gasteiger partial charge in [0.15, 0.2) is 11.5 Å². The van der Waals surface area contributed by atoms with Crippen LogP contribution in [0.15, 0.2) is 89.7 Å². The van der Waals surface area contributed by atoms with E-state index in [0.717, 1.165) is 32.3 Å². The maximum atomic E-state index is 13.4. The second-order valence-electron chi connectivity index (χ2n) is 11.0. The van der Waals surface area contributed by atoms with Crippen LogP contribution >= 0.6 is 0 Å². The number of carbonyl (C=O) groups is 2. The summed E-state index contributed by atoms with van der Waals surface area (Å²) in [6.45, 7) is 15.7. The fourth-order valence-electron chi connectivity index (χ4n) is 4.13. The molecule has 2 rings (SSSR count). The van der Waals surface area contributed by atoms with Gasteiger partial charge in [-0.1, -0.05) is 73.2 Å². The van der Waals surface area contributed by atoms with Gasteiger partial charge >= 0.3 is 18.2 Å². The predicted octanol–water partition coefficient (Wildman–Crippen LogP) is 9.10. The number of pyridine rings is 1. The molecular weight excluding hydrogens is 647 g/mol. The normalized spacial score (nSPS) is 12.7. The van der Waals surface area contributed by atoms with Crippen LogP contribution in [0.25, 0.3) is 5.57 Å². The summed E-state index contributed by atoms with van der Waals surface area (Å²) >= 11 is 0. The third-order valence-corrected chi connectivity index (χ3v) is 6.87. The lowest BCUT2D eigenvalue weighted by Crippen LogP contribution is -2.39. The summed E-state index contributed by atoms with van der Waals surface area (Å²) in [6, 6.07) is 13.2. The van der Waals surface area contributed by atoms with Crippen LogP contribution in [0.5, 0.6) is 0 Å². The van der Waals surface area contributed by atoms with E-state index in [9.17, 15) is 22.8 Å². The zero-order chi connectivity index (χ0) is 38.3. The first-order valence-corrected chi connectivity index (χ1v) is 16.4. The second-order valence-corrected chi connectivity index (χ2v) is 11.0. The summed E-state index contributed by atoms with van der Waals surface area (Å²) in [7, 11) is 5.28. The zero-order valence-corrected chi connectivity index (χ0v) is 31.0. The summed E-state index contributed by atoms with van der Waals surface area (Å²) in [5.41, 5.74) is 2.26. The van der Waals surface area contributed by atoms with Crippen LogP contribution in [0.1, 0.15) is 70.7 Å². The first kappa shape index (κ1) is 45.3. The molecule has 0 spiro atoms. The molecule has 1 N–H and O–H groups in total. The number of anilines is 1. The van der Waals surface area contributed by atoms with Crippen LogP contribution in [0.2, 0.25) is 0 Å². The topological polar surface area (TPSA) is 98.6 Å². The monoisotopic (exact) mass is 701 g/mol. The summed E-state index contributed by atoms with van der Waals surface area (Å²) in [6.07, 6.45) is 6.12. The number of nitrogens with zero attached hydrogens (tertiary/aromatic N) is 5. The van der Waals surface area contributed by atoms with E-state index in [1.807, 2.05) is 25.7 Å². The van der Waals surface area contributed by atoms with E-state index in [0.29, 0.717) is 22.2 Å². The van der Waals surface area contributed by atoms with Crippen LogP contribution in [0, 0.1) is 6.92 Å². The minimum atomic E-state index is -4.93. The smallest absolute Gasteiger partial charge is 0.433 e. The number of rotatable bonds is 13. The first-order chi connectivity index (χ1) is 23.6. The van der Waals surface area contributed by atoms with Crippen LogP contribution < -0.4 is 5.01 Å². The molecule has 0 radical (unpaired) electrons. The summed E-state index contributed by atoms with van der Waals surface area (Å²) < 4.78 is 44.7. The number of urea groups is 1. The van der Waals surface area contributed by atoms with Crippen LogP contribution in [-0.2, 0) is 9.53 Å². The van der Waals surface area contributed by atoms with Crippen molar-refractivity contribution in [3.63, 3.8) is 0 Å². The number of aromatic nitrogens is 1. The molecule has 0 bridgehead atoms. The van der Waals surface area contributed by atoms with Crippen molar-refractivity contribution >= 4 is 29.6 Å². The summed E-state index contributed by atoms with van der Waals surface area (Å²) in [5, 5.41) is 12.9. The number of benzene rings is 1. The lowest BCUT2D eigenvalue weighted by Gasteiger charge is -2.26. The van der Waals surface area contributed by atoms with Gasteiger partial charge in [0.05, 0.1) is 11.8 Å². The van der Waals surface area contributed by atoms with Gasteiger partial charge in [-0.2, -0.15) is 18.3 Å². The van der Waals surface area contributed by atoms with Gasteiger partial charge in [-0.25, -0.2) is 19.6 Å². The van der Waals surface area contributed by atoms with Crippen molar-refractivity contribution in [2.24, 2.45) is 5.10 Å². The highest BCUT2D eigenvalue weighted by Crippen LogP contribution is 2.32. The summed E-state index contributed by atoms with van der Waals surface area (Å²) in [4.78, 5) is 30.6. The third kappa shape index (κ3) is 17.1. The van der Waals surface area contributed by atoms with E-state index in [-0.39, 0.29) is 17.9 Å². The van der Waals surface area contributed by atoms with E-state index in [1.165, 1.54) is 30.2 Å². The van der Waals surface area contributed by atoms with E-state index < -0.39 is 17.8 Å². The Kier molecular flexibility index (Phi) is 22.1. The molecule has 0 saturated heterocycles. The number of alkyl halides is 3. The van der Waals surface area contributed by atoms with E-state index >= 15 is 0 Å². The summed E-state index contributed by atoms with van der Waals surface area (Å²) in [5.74, 6) is -1.42. The molecule has 1 aromatic carbocycles. The van der Waals surface area contributed by atoms with E-state index in [2.05, 4.69) is 52.9 Å². The van der Waals surface area contributed by atoms with Gasteiger partial charge in [-0.05, 0) is 77.2 Å². The fraction of sp³-hybridized carbons (Fsp3) is 0.421. The van der Waals surface area contributed by atoms with Crippen molar-refractivity contribution < 1.29 is 32.6 Å². The Morgan fingerprint density at radius 3 is 2.12 bits per heavy atom. The minimum Gasteiger partial charge on any atom is -0.478 e. The van der Waals surface area contributed by atoms with Gasteiger partial charge < -0.3 is 19.6 Å². The van der Waals surface area contributed by atoms with Gasteiger partial charge in [0.1, 0.15) is 0 Å². The van der Waals surface area contributed by atoms with Crippen LogP contribution in [0.3, 0.4) is 0 Å². The van der Waals surface area contributed by atoms with Crippen molar-refractivity contribution in [1.82, 2.24) is 14.8 Å². The number of carbonyl (C=O) groups excluding carboxylic acids is 1. The van der Waals surface area contributed by atoms with Crippen LogP contribution in [-0.4, -0.2) is 85.2 Å². The Bertz CT molecular complexity index is 1450. The van der Waals surface area contributed by atoms with Crippen molar-refractivity contribution in [2.45, 2.75) is 67.0 Å². The first-order valence-electron chi connectivity index (χ1n) is 16.4. The molecule has 0 saturated carbocycles. The lowest BCUT2D eigenvalue weighted by atomic mass is 9.97. The number of halogens is 3. The van der Waals surface area contributed by atoms with Crippen molar-refractivity contribution in [1.29, 1.82) is 0 Å². The Hall–Kier alpha value is -4.71. The number of aliphatic carboxylic acids is 1. The quantitative estimate of drug-likeness (QED) is 0.0969. The highest BCUT2D eigenvalue weighted by Gasteiger charge is 2.40. The molecule has 1 unspecified atom stereocenters. The number of aryl methyl sites for hydroxylation is 1. The molecule has 0 aliphatic carbocycles. The molecule has 9 nitrogen and oxygen atoms in total. The number of carboxylic acid groups (broad SMARTS) is 1.